The molecule has 0 aromatic heterocycles. The van der Waals surface area contributed by atoms with Gasteiger partial charge in [0.25, 0.3) is 0 Å². The van der Waals surface area contributed by atoms with E-state index in [1.54, 1.807) is 36.4 Å². The van der Waals surface area contributed by atoms with Crippen molar-refractivity contribution in [2.75, 3.05) is 0 Å². The van der Waals surface area contributed by atoms with Gasteiger partial charge in [0.1, 0.15) is 11.5 Å². The van der Waals surface area contributed by atoms with Crippen LogP contribution in [0.25, 0.3) is 0 Å². The molecule has 0 aliphatic carbocycles. The molecule has 0 amide bonds. The normalized spacial score (nSPS) is 9.83. The summed E-state index contributed by atoms with van der Waals surface area (Å²) in [7, 11) is 0. The van der Waals surface area contributed by atoms with Crippen molar-refractivity contribution in [1.82, 2.24) is 0 Å². The Morgan fingerprint density at radius 1 is 1.11 bits per heavy atom. The highest BCUT2D eigenvalue weighted by atomic mass is 35.5. The van der Waals surface area contributed by atoms with E-state index in [1.807, 2.05) is 12.1 Å². The Morgan fingerprint density at radius 2 is 1.83 bits per heavy atom. The van der Waals surface area contributed by atoms with Crippen molar-refractivity contribution >= 4 is 23.2 Å². The fourth-order valence-electron chi connectivity index (χ4n) is 1.43. The molecule has 0 unspecified atom stereocenters. The molecule has 0 spiro atoms. The molecule has 0 heterocycles. The number of benzene rings is 2. The summed E-state index contributed by atoms with van der Waals surface area (Å²) in [5.74, 6) is 1.61. The molecule has 2 nitrogen and oxygen atoms in total. The standard InChI is InChI=1S/C14H9Cl2NO/c15-8-11-3-6-14(13(16)7-11)18-12-4-1-10(9-17)2-5-12/h1-7H,8H2. The molecule has 0 aliphatic rings. The summed E-state index contributed by atoms with van der Waals surface area (Å²) in [4.78, 5) is 0. The summed E-state index contributed by atoms with van der Waals surface area (Å²) in [6.45, 7) is 0. The zero-order chi connectivity index (χ0) is 13.0. The average molecular weight is 278 g/mol. The van der Waals surface area contributed by atoms with Crippen LogP contribution >= 0.6 is 23.2 Å². The molecule has 0 radical (unpaired) electrons. The fourth-order valence-corrected chi connectivity index (χ4v) is 1.84. The Bertz CT molecular complexity index is 588. The lowest BCUT2D eigenvalue weighted by Crippen LogP contribution is -1.87. The first-order valence-electron chi connectivity index (χ1n) is 5.25. The van der Waals surface area contributed by atoms with Crippen molar-refractivity contribution in [3.8, 4) is 17.6 Å². The van der Waals surface area contributed by atoms with Crippen molar-refractivity contribution in [3.05, 3.63) is 58.6 Å². The van der Waals surface area contributed by atoms with Crippen molar-refractivity contribution < 1.29 is 4.74 Å². The third-order valence-corrected chi connectivity index (χ3v) is 2.97. The van der Waals surface area contributed by atoms with E-state index in [2.05, 4.69) is 0 Å². The molecule has 0 aliphatic heterocycles. The highest BCUT2D eigenvalue weighted by Gasteiger charge is 2.04. The molecule has 0 bridgehead atoms. The van der Waals surface area contributed by atoms with Gasteiger partial charge < -0.3 is 4.74 Å². The molecular weight excluding hydrogens is 269 g/mol. The number of hydrogen-bond acceptors (Lipinski definition) is 2. The maximum Gasteiger partial charge on any atom is 0.146 e. The van der Waals surface area contributed by atoms with Crippen molar-refractivity contribution in [2.24, 2.45) is 0 Å². The number of alkyl halides is 1. The van der Waals surface area contributed by atoms with Crippen LogP contribution in [0.4, 0.5) is 0 Å². The maximum absolute atomic E-state index is 8.70. The largest absolute Gasteiger partial charge is 0.456 e. The summed E-state index contributed by atoms with van der Waals surface area (Å²) in [6.07, 6.45) is 0. The number of nitrogens with zero attached hydrogens (tertiary/aromatic N) is 1. The topological polar surface area (TPSA) is 33.0 Å². The predicted octanol–water partition coefficient (Wildman–Crippen LogP) is 4.74. The van der Waals surface area contributed by atoms with Crippen molar-refractivity contribution in [3.63, 3.8) is 0 Å². The maximum atomic E-state index is 8.70. The van der Waals surface area contributed by atoms with Crippen molar-refractivity contribution in [2.45, 2.75) is 5.88 Å². The lowest BCUT2D eigenvalue weighted by molar-refractivity contribution is 0.483. The summed E-state index contributed by atoms with van der Waals surface area (Å²) in [5.41, 5.74) is 1.53. The lowest BCUT2D eigenvalue weighted by Gasteiger charge is -2.08. The van der Waals surface area contributed by atoms with Gasteiger partial charge in [-0.25, -0.2) is 0 Å². The first kappa shape index (κ1) is 12.8. The molecule has 0 saturated heterocycles. The zero-order valence-corrected chi connectivity index (χ0v) is 10.9. The minimum atomic E-state index is 0.414. The van der Waals surface area contributed by atoms with Gasteiger partial charge in [-0.3, -0.25) is 0 Å². The minimum Gasteiger partial charge on any atom is -0.456 e. The van der Waals surface area contributed by atoms with E-state index in [-0.39, 0.29) is 0 Å². The van der Waals surface area contributed by atoms with Crippen LogP contribution in [0.1, 0.15) is 11.1 Å². The monoisotopic (exact) mass is 277 g/mol. The van der Waals surface area contributed by atoms with Crippen LogP contribution in [0, 0.1) is 11.3 Å². The van der Waals surface area contributed by atoms with Gasteiger partial charge >= 0.3 is 0 Å². The van der Waals surface area contributed by atoms with Crippen LogP contribution in [0.3, 0.4) is 0 Å². The summed E-state index contributed by atoms with van der Waals surface area (Å²) >= 11 is 11.8. The van der Waals surface area contributed by atoms with Gasteiger partial charge in [0.05, 0.1) is 16.7 Å². The zero-order valence-electron chi connectivity index (χ0n) is 9.36. The molecule has 4 heteroatoms. The van der Waals surface area contributed by atoms with Crippen molar-refractivity contribution in [1.29, 1.82) is 5.26 Å². The second kappa shape index (κ2) is 5.77. The highest BCUT2D eigenvalue weighted by molar-refractivity contribution is 6.32. The third-order valence-electron chi connectivity index (χ3n) is 2.36. The van der Waals surface area contributed by atoms with E-state index in [0.717, 1.165) is 5.56 Å². The number of halogens is 2. The SMILES string of the molecule is N#Cc1ccc(Oc2ccc(CCl)cc2Cl)cc1. The van der Waals surface area contributed by atoms with Gasteiger partial charge in [0.15, 0.2) is 0 Å². The van der Waals surface area contributed by atoms with Gasteiger partial charge in [-0.05, 0) is 42.0 Å². The first-order valence-corrected chi connectivity index (χ1v) is 6.16. The Labute approximate surface area is 115 Å². The molecule has 2 rings (SSSR count). The number of hydrogen-bond donors (Lipinski definition) is 0. The first-order chi connectivity index (χ1) is 8.72. The third kappa shape index (κ3) is 2.95. The Kier molecular flexibility index (Phi) is 4.09. The van der Waals surface area contributed by atoms with Gasteiger partial charge in [-0.2, -0.15) is 5.26 Å². The molecule has 0 saturated carbocycles. The molecule has 2 aromatic rings. The number of nitriles is 1. The van der Waals surface area contributed by atoms with Crippen LogP contribution in [-0.4, -0.2) is 0 Å². The second-order valence-electron chi connectivity index (χ2n) is 3.64. The fraction of sp³-hybridized carbons (Fsp3) is 0.0714. The summed E-state index contributed by atoms with van der Waals surface area (Å²) in [5, 5.41) is 9.21. The van der Waals surface area contributed by atoms with E-state index in [9.17, 15) is 0 Å². The second-order valence-corrected chi connectivity index (χ2v) is 4.31. The van der Waals surface area contributed by atoms with Crippen LogP contribution in [0.5, 0.6) is 11.5 Å². The van der Waals surface area contributed by atoms with E-state index in [1.165, 1.54) is 0 Å². The lowest BCUT2D eigenvalue weighted by atomic mass is 10.2. The Hall–Kier alpha value is -1.69. The minimum absolute atomic E-state index is 0.414. The van der Waals surface area contributed by atoms with E-state index in [4.69, 9.17) is 33.2 Å². The molecule has 2 aromatic carbocycles. The van der Waals surface area contributed by atoms with Gasteiger partial charge in [-0.15, -0.1) is 11.6 Å². The molecular formula is C14H9Cl2NO. The average Bonchev–Trinajstić information content (AvgIpc) is 2.42. The van der Waals surface area contributed by atoms with Crippen LogP contribution in [0.15, 0.2) is 42.5 Å². The number of ether oxygens (including phenoxy) is 1. The molecule has 0 fully saturated rings. The van der Waals surface area contributed by atoms with Gasteiger partial charge in [-0.1, -0.05) is 17.7 Å². The van der Waals surface area contributed by atoms with E-state index in [0.29, 0.717) is 28.0 Å². The molecule has 90 valence electrons. The molecule has 0 N–H and O–H groups in total. The van der Waals surface area contributed by atoms with Gasteiger partial charge in [0.2, 0.25) is 0 Å². The van der Waals surface area contributed by atoms with Crippen LogP contribution in [-0.2, 0) is 5.88 Å². The van der Waals surface area contributed by atoms with E-state index < -0.39 is 0 Å². The highest BCUT2D eigenvalue weighted by Crippen LogP contribution is 2.30. The molecule has 0 atom stereocenters. The van der Waals surface area contributed by atoms with Crippen LogP contribution < -0.4 is 4.74 Å². The van der Waals surface area contributed by atoms with Gasteiger partial charge in [0, 0.05) is 5.88 Å². The quantitative estimate of drug-likeness (QED) is 0.759. The molecule has 18 heavy (non-hydrogen) atoms. The Balaban J connectivity index is 2.20. The summed E-state index contributed by atoms with van der Waals surface area (Å²) < 4.78 is 5.62. The summed E-state index contributed by atoms with van der Waals surface area (Å²) in [6, 6.07) is 14.3. The smallest absolute Gasteiger partial charge is 0.146 e. The number of rotatable bonds is 3. The Morgan fingerprint density at radius 3 is 2.39 bits per heavy atom. The van der Waals surface area contributed by atoms with E-state index >= 15 is 0 Å². The van der Waals surface area contributed by atoms with Crippen LogP contribution in [0.2, 0.25) is 5.02 Å². The predicted molar refractivity (Wildman–Crippen MR) is 72.2 cm³/mol.